The maximum absolute atomic E-state index is 13.7. The Hall–Kier alpha value is -4.19. The van der Waals surface area contributed by atoms with Crippen molar-refractivity contribution in [2.45, 2.75) is 33.2 Å². The fourth-order valence-corrected chi connectivity index (χ4v) is 4.61. The van der Waals surface area contributed by atoms with Crippen molar-refractivity contribution in [2.24, 2.45) is 5.92 Å². The number of carbonyl (C=O) groups excluding carboxylic acids is 1. The van der Waals surface area contributed by atoms with Crippen LogP contribution in [-0.4, -0.2) is 20.4 Å². The van der Waals surface area contributed by atoms with Crippen LogP contribution in [0.3, 0.4) is 0 Å². The average molecular weight is 481 g/mol. The first-order chi connectivity index (χ1) is 17.4. The number of nitrogens with one attached hydrogen (secondary N) is 1. The number of imidazole rings is 1. The minimum atomic E-state index is -0.298. The van der Waals surface area contributed by atoms with Gasteiger partial charge in [-0.25, -0.2) is 9.37 Å². The largest absolute Gasteiger partial charge is 0.339 e. The maximum Gasteiger partial charge on any atom is 0.234 e. The first kappa shape index (κ1) is 23.5. The topological polar surface area (TPSA) is 50.2 Å². The van der Waals surface area contributed by atoms with Crippen molar-refractivity contribution < 1.29 is 9.18 Å². The minimum Gasteiger partial charge on any atom is -0.339 e. The van der Waals surface area contributed by atoms with Gasteiger partial charge in [-0.1, -0.05) is 61.9 Å². The van der Waals surface area contributed by atoms with Crippen LogP contribution in [-0.2, 0) is 11.3 Å². The third-order valence-corrected chi connectivity index (χ3v) is 6.50. The monoisotopic (exact) mass is 480 g/mol. The molecule has 0 radical (unpaired) electrons. The summed E-state index contributed by atoms with van der Waals surface area (Å²) in [4.78, 5) is 20.3. The molecule has 5 nitrogen and oxygen atoms in total. The van der Waals surface area contributed by atoms with Gasteiger partial charge in [0.1, 0.15) is 23.2 Å². The van der Waals surface area contributed by atoms with E-state index in [9.17, 15) is 9.18 Å². The van der Waals surface area contributed by atoms with E-state index in [4.69, 9.17) is 4.98 Å². The normalized spacial score (nSPS) is 13.5. The Balaban J connectivity index is 1.51. The Kier molecular flexibility index (Phi) is 6.42. The molecule has 182 valence electrons. The standard InChI is InChI=1S/C30H29FN4O/c1-20(2)27(22-7-5-4-6-8-22)30(36)34-17-18-35-26(19-34)33-28(23-11-13-24(31)14-12-23)29(35)32-25-15-9-21(3)10-16-25/h4-18,20,27,32H,19H2,1-3H3. The zero-order valence-electron chi connectivity index (χ0n) is 20.6. The molecule has 0 aliphatic carbocycles. The van der Waals surface area contributed by atoms with E-state index in [2.05, 4.69) is 19.2 Å². The number of anilines is 2. The van der Waals surface area contributed by atoms with Gasteiger partial charge in [0, 0.05) is 23.7 Å². The second-order valence-electron chi connectivity index (χ2n) is 9.49. The molecule has 0 saturated carbocycles. The zero-order valence-corrected chi connectivity index (χ0v) is 20.6. The van der Waals surface area contributed by atoms with Crippen molar-refractivity contribution in [3.05, 3.63) is 108 Å². The number of nitrogens with zero attached hydrogens (tertiary/aromatic N) is 3. The molecule has 0 saturated heterocycles. The van der Waals surface area contributed by atoms with Crippen LogP contribution >= 0.6 is 0 Å². The van der Waals surface area contributed by atoms with Gasteiger partial charge in [0.25, 0.3) is 0 Å². The molecule has 1 unspecified atom stereocenters. The molecule has 36 heavy (non-hydrogen) atoms. The smallest absolute Gasteiger partial charge is 0.234 e. The summed E-state index contributed by atoms with van der Waals surface area (Å²) < 4.78 is 15.6. The Morgan fingerprint density at radius 2 is 1.64 bits per heavy atom. The number of halogens is 1. The van der Waals surface area contributed by atoms with Crippen LogP contribution in [0.15, 0.2) is 85.1 Å². The SMILES string of the molecule is Cc1ccc(Nc2c(-c3ccc(F)cc3)nc3n2C=CN(C(=O)C(c2ccccc2)C(C)C)C3)cc1. The number of rotatable bonds is 6. The van der Waals surface area contributed by atoms with Gasteiger partial charge >= 0.3 is 0 Å². The van der Waals surface area contributed by atoms with Gasteiger partial charge in [-0.15, -0.1) is 0 Å². The molecule has 6 heteroatoms. The van der Waals surface area contributed by atoms with Crippen LogP contribution < -0.4 is 5.32 Å². The lowest BCUT2D eigenvalue weighted by molar-refractivity contribution is -0.131. The molecular formula is C30H29FN4O. The molecule has 1 N–H and O–H groups in total. The van der Waals surface area contributed by atoms with Crippen LogP contribution in [0, 0.1) is 18.7 Å². The lowest BCUT2D eigenvalue weighted by atomic mass is 9.87. The predicted molar refractivity (Wildman–Crippen MR) is 142 cm³/mol. The van der Waals surface area contributed by atoms with Crippen LogP contribution in [0.2, 0.25) is 0 Å². The number of aryl methyl sites for hydroxylation is 1. The summed E-state index contributed by atoms with van der Waals surface area (Å²) in [6.45, 7) is 6.53. The van der Waals surface area contributed by atoms with Crippen LogP contribution in [0.4, 0.5) is 15.9 Å². The van der Waals surface area contributed by atoms with Crippen LogP contribution in [0.5, 0.6) is 0 Å². The summed E-state index contributed by atoms with van der Waals surface area (Å²) in [5.74, 6) is 1.14. The third-order valence-electron chi connectivity index (χ3n) is 6.50. The summed E-state index contributed by atoms with van der Waals surface area (Å²) >= 11 is 0. The van der Waals surface area contributed by atoms with Crippen molar-refractivity contribution in [2.75, 3.05) is 5.32 Å². The van der Waals surface area contributed by atoms with Crippen molar-refractivity contribution in [1.29, 1.82) is 0 Å². The summed E-state index contributed by atoms with van der Waals surface area (Å²) in [6, 6.07) is 24.3. The summed E-state index contributed by atoms with van der Waals surface area (Å²) in [7, 11) is 0. The van der Waals surface area contributed by atoms with Gasteiger partial charge in [0.15, 0.2) is 0 Å². The van der Waals surface area contributed by atoms with Gasteiger partial charge in [-0.2, -0.15) is 0 Å². The molecule has 1 aliphatic rings. The second-order valence-corrected chi connectivity index (χ2v) is 9.49. The summed E-state index contributed by atoms with van der Waals surface area (Å²) in [5.41, 5.74) is 4.59. The average Bonchev–Trinajstić information content (AvgIpc) is 3.23. The van der Waals surface area contributed by atoms with Crippen molar-refractivity contribution in [3.63, 3.8) is 0 Å². The first-order valence-corrected chi connectivity index (χ1v) is 12.1. The molecule has 1 aliphatic heterocycles. The van der Waals surface area contributed by atoms with E-state index in [1.54, 1.807) is 17.0 Å². The predicted octanol–water partition coefficient (Wildman–Crippen LogP) is 6.95. The number of hydrogen-bond donors (Lipinski definition) is 1. The molecule has 0 bridgehead atoms. The van der Waals surface area contributed by atoms with E-state index in [-0.39, 0.29) is 23.6 Å². The fraction of sp³-hybridized carbons (Fsp3) is 0.200. The lowest BCUT2D eigenvalue weighted by Gasteiger charge is -2.29. The second kappa shape index (κ2) is 9.82. The fourth-order valence-electron chi connectivity index (χ4n) is 4.61. The Labute approximate surface area is 210 Å². The van der Waals surface area contributed by atoms with Gasteiger partial charge < -0.3 is 10.2 Å². The molecule has 4 aromatic rings. The molecule has 1 aromatic heterocycles. The molecule has 1 amide bonds. The van der Waals surface area contributed by atoms with E-state index in [1.807, 2.05) is 78.5 Å². The number of hydrogen-bond acceptors (Lipinski definition) is 3. The third kappa shape index (κ3) is 4.67. The van der Waals surface area contributed by atoms with Crippen LogP contribution in [0.1, 0.15) is 36.7 Å². The zero-order chi connectivity index (χ0) is 25.2. The molecule has 0 spiro atoms. The number of benzene rings is 3. The Morgan fingerprint density at radius 1 is 0.944 bits per heavy atom. The van der Waals surface area contributed by atoms with Gasteiger partial charge in [-0.3, -0.25) is 9.36 Å². The van der Waals surface area contributed by atoms with Gasteiger partial charge in [-0.05, 0) is 54.8 Å². The highest BCUT2D eigenvalue weighted by Crippen LogP contribution is 2.35. The van der Waals surface area contributed by atoms with E-state index < -0.39 is 0 Å². The van der Waals surface area contributed by atoms with Crippen molar-refractivity contribution in [3.8, 4) is 11.3 Å². The molecule has 5 rings (SSSR count). The lowest BCUT2D eigenvalue weighted by Crippen LogP contribution is -2.35. The number of fused-ring (bicyclic) bond motifs is 1. The summed E-state index contributed by atoms with van der Waals surface area (Å²) in [5, 5.41) is 3.48. The van der Waals surface area contributed by atoms with E-state index in [0.29, 0.717) is 12.2 Å². The first-order valence-electron chi connectivity index (χ1n) is 12.1. The number of amides is 1. The highest BCUT2D eigenvalue weighted by Gasteiger charge is 2.31. The van der Waals surface area contributed by atoms with Gasteiger partial charge in [0.05, 0.1) is 12.5 Å². The Morgan fingerprint density at radius 3 is 2.31 bits per heavy atom. The molecule has 2 heterocycles. The molecule has 0 fully saturated rings. The molecule has 3 aromatic carbocycles. The molecule has 1 atom stereocenters. The quantitative estimate of drug-likeness (QED) is 0.325. The van der Waals surface area contributed by atoms with Crippen molar-refractivity contribution >= 4 is 23.6 Å². The highest BCUT2D eigenvalue weighted by molar-refractivity contribution is 5.86. The Bertz CT molecular complexity index is 1390. The van der Waals surface area contributed by atoms with E-state index in [0.717, 1.165) is 28.5 Å². The van der Waals surface area contributed by atoms with Crippen molar-refractivity contribution in [1.82, 2.24) is 14.5 Å². The van der Waals surface area contributed by atoms with Gasteiger partial charge in [0.2, 0.25) is 5.91 Å². The number of carbonyl (C=O) groups is 1. The van der Waals surface area contributed by atoms with E-state index in [1.165, 1.54) is 17.7 Å². The van der Waals surface area contributed by atoms with Crippen LogP contribution in [0.25, 0.3) is 17.5 Å². The number of aromatic nitrogens is 2. The maximum atomic E-state index is 13.7. The summed E-state index contributed by atoms with van der Waals surface area (Å²) in [6.07, 6.45) is 3.69. The van der Waals surface area contributed by atoms with E-state index >= 15 is 0 Å². The highest BCUT2D eigenvalue weighted by atomic mass is 19.1. The molecular weight excluding hydrogens is 451 g/mol. The minimum absolute atomic E-state index is 0.0399.